The normalized spacial score (nSPS) is 14.3. The van der Waals surface area contributed by atoms with Crippen molar-refractivity contribution in [1.29, 1.82) is 0 Å². The van der Waals surface area contributed by atoms with Crippen LogP contribution in [0.3, 0.4) is 0 Å². The summed E-state index contributed by atoms with van der Waals surface area (Å²) in [5.41, 5.74) is -0.446. The Kier molecular flexibility index (Phi) is 4.73. The van der Waals surface area contributed by atoms with Crippen molar-refractivity contribution in [3.05, 3.63) is 33.9 Å². The lowest BCUT2D eigenvalue weighted by molar-refractivity contribution is -0.386. The molecule has 0 aromatic heterocycles. The molecule has 7 heteroatoms. The topological polar surface area (TPSA) is 104 Å². The van der Waals surface area contributed by atoms with Crippen LogP contribution in [0.5, 0.6) is 5.75 Å². The number of aromatic hydroxyl groups is 1. The Labute approximate surface area is 103 Å². The van der Waals surface area contributed by atoms with Crippen LogP contribution in [0.15, 0.2) is 18.2 Å². The van der Waals surface area contributed by atoms with Crippen molar-refractivity contribution >= 4 is 18.3 Å². The van der Waals surface area contributed by atoms with Gasteiger partial charge >= 0.3 is 0 Å². The number of hydrogen-bond acceptors (Lipinski definition) is 6. The fourth-order valence-electron chi connectivity index (χ4n) is 1.44. The lowest BCUT2D eigenvalue weighted by Crippen LogP contribution is -2.19. The molecule has 0 saturated heterocycles. The van der Waals surface area contributed by atoms with Crippen molar-refractivity contribution in [2.75, 3.05) is 5.75 Å². The van der Waals surface area contributed by atoms with Crippen LogP contribution >= 0.6 is 12.6 Å². The third-order valence-corrected chi connectivity index (χ3v) is 2.58. The number of rotatable bonds is 5. The molecule has 0 heterocycles. The Morgan fingerprint density at radius 1 is 1.41 bits per heavy atom. The predicted molar refractivity (Wildman–Crippen MR) is 64.2 cm³/mol. The number of phenolic OH excluding ortho intramolecular Hbond substituents is 1. The second-order valence-corrected chi connectivity index (χ2v) is 3.97. The number of thiol groups is 1. The van der Waals surface area contributed by atoms with E-state index < -0.39 is 22.8 Å². The van der Waals surface area contributed by atoms with E-state index >= 15 is 0 Å². The molecule has 0 spiro atoms. The number of phenols is 1. The molecule has 6 nitrogen and oxygen atoms in total. The van der Waals surface area contributed by atoms with E-state index in [-0.39, 0.29) is 17.7 Å². The number of nitrogens with zero attached hydrogens (tertiary/aromatic N) is 1. The minimum Gasteiger partial charge on any atom is -0.508 e. The van der Waals surface area contributed by atoms with Crippen LogP contribution in [0.25, 0.3) is 0 Å². The van der Waals surface area contributed by atoms with E-state index in [1.54, 1.807) is 0 Å². The summed E-state index contributed by atoms with van der Waals surface area (Å²) < 4.78 is 0. The number of nitro groups is 1. The first-order chi connectivity index (χ1) is 7.97. The molecule has 0 aliphatic carbocycles. The first-order valence-corrected chi connectivity index (χ1v) is 5.55. The molecule has 0 saturated carbocycles. The lowest BCUT2D eigenvalue weighted by atomic mass is 10.0. The SMILES string of the molecule is O=[N+]([O-])c1cc(O)ccc1C(O)C(O)CCS. The van der Waals surface area contributed by atoms with Gasteiger partial charge in [0.15, 0.2) is 0 Å². The third kappa shape index (κ3) is 3.32. The van der Waals surface area contributed by atoms with Crippen LogP contribution in [0, 0.1) is 10.1 Å². The second-order valence-electron chi connectivity index (χ2n) is 3.52. The molecule has 2 unspecified atom stereocenters. The van der Waals surface area contributed by atoms with E-state index in [0.717, 1.165) is 6.07 Å². The first kappa shape index (κ1) is 13.8. The smallest absolute Gasteiger partial charge is 0.278 e. The van der Waals surface area contributed by atoms with Crippen molar-refractivity contribution in [1.82, 2.24) is 0 Å². The molecule has 1 aromatic rings. The molecule has 1 rings (SSSR count). The predicted octanol–water partition coefficient (Wildman–Crippen LogP) is 1.01. The Morgan fingerprint density at radius 3 is 2.59 bits per heavy atom. The molecule has 2 atom stereocenters. The fourth-order valence-corrected chi connectivity index (χ4v) is 1.70. The molecule has 3 N–H and O–H groups in total. The van der Waals surface area contributed by atoms with E-state index in [1.165, 1.54) is 12.1 Å². The highest BCUT2D eigenvalue weighted by atomic mass is 32.1. The Hall–Kier alpha value is -1.31. The van der Waals surface area contributed by atoms with Crippen molar-refractivity contribution < 1.29 is 20.2 Å². The van der Waals surface area contributed by atoms with E-state index in [0.29, 0.717) is 5.75 Å². The zero-order chi connectivity index (χ0) is 13.0. The van der Waals surface area contributed by atoms with Gasteiger partial charge in [-0.05, 0) is 24.3 Å². The van der Waals surface area contributed by atoms with Gasteiger partial charge in [-0.2, -0.15) is 12.6 Å². The Morgan fingerprint density at radius 2 is 2.06 bits per heavy atom. The maximum atomic E-state index is 10.7. The molecule has 0 aliphatic rings. The highest BCUT2D eigenvalue weighted by Gasteiger charge is 2.26. The zero-order valence-electron chi connectivity index (χ0n) is 8.85. The van der Waals surface area contributed by atoms with Crippen molar-refractivity contribution in [2.45, 2.75) is 18.6 Å². The van der Waals surface area contributed by atoms with Crippen LogP contribution < -0.4 is 0 Å². The summed E-state index contributed by atoms with van der Waals surface area (Å²) in [6.45, 7) is 0. The standard InChI is InChI=1S/C10H13NO5S/c12-6-1-2-7(8(5-6)11(15)16)10(14)9(13)3-4-17/h1-2,5,9-10,12-14,17H,3-4H2. The molecule has 0 bridgehead atoms. The number of aliphatic hydroxyl groups is 2. The van der Waals surface area contributed by atoms with Crippen molar-refractivity contribution in [3.63, 3.8) is 0 Å². The van der Waals surface area contributed by atoms with E-state index in [9.17, 15) is 20.3 Å². The Bertz CT molecular complexity index is 412. The third-order valence-electron chi connectivity index (χ3n) is 2.32. The first-order valence-electron chi connectivity index (χ1n) is 4.91. The number of hydrogen-bond donors (Lipinski definition) is 4. The fraction of sp³-hybridized carbons (Fsp3) is 0.400. The molecule has 0 amide bonds. The molecular formula is C10H13NO5S. The summed E-state index contributed by atoms with van der Waals surface area (Å²) in [4.78, 5) is 10.0. The van der Waals surface area contributed by atoms with E-state index in [2.05, 4.69) is 12.6 Å². The highest BCUT2D eigenvalue weighted by molar-refractivity contribution is 7.80. The van der Waals surface area contributed by atoms with E-state index in [1.807, 2.05) is 0 Å². The number of benzene rings is 1. The van der Waals surface area contributed by atoms with Crippen molar-refractivity contribution in [3.8, 4) is 5.75 Å². The van der Waals surface area contributed by atoms with Gasteiger partial charge in [-0.1, -0.05) is 0 Å². The minimum absolute atomic E-state index is 0.0258. The van der Waals surface area contributed by atoms with Gasteiger partial charge < -0.3 is 15.3 Å². The summed E-state index contributed by atoms with van der Waals surface area (Å²) in [7, 11) is 0. The van der Waals surface area contributed by atoms with Gasteiger partial charge in [0.25, 0.3) is 5.69 Å². The average Bonchev–Trinajstić information content (AvgIpc) is 2.28. The second kappa shape index (κ2) is 5.85. The van der Waals surface area contributed by atoms with Crippen LogP contribution in [0.4, 0.5) is 5.69 Å². The summed E-state index contributed by atoms with van der Waals surface area (Å²) in [6, 6.07) is 3.38. The summed E-state index contributed by atoms with van der Waals surface area (Å²) in [5, 5.41) is 39.2. The molecule has 94 valence electrons. The van der Waals surface area contributed by atoms with Crippen LogP contribution in [-0.4, -0.2) is 32.1 Å². The van der Waals surface area contributed by atoms with Crippen LogP contribution in [-0.2, 0) is 0 Å². The minimum atomic E-state index is -1.37. The molecule has 0 radical (unpaired) electrons. The van der Waals surface area contributed by atoms with E-state index in [4.69, 9.17) is 5.11 Å². The molecule has 1 aromatic carbocycles. The van der Waals surface area contributed by atoms with Gasteiger partial charge in [0, 0.05) is 0 Å². The highest BCUT2D eigenvalue weighted by Crippen LogP contribution is 2.31. The van der Waals surface area contributed by atoms with Gasteiger partial charge in [-0.25, -0.2) is 0 Å². The van der Waals surface area contributed by atoms with Crippen LogP contribution in [0.1, 0.15) is 18.1 Å². The lowest BCUT2D eigenvalue weighted by Gasteiger charge is -2.17. The Balaban J connectivity index is 3.08. The molecular weight excluding hydrogens is 246 g/mol. The van der Waals surface area contributed by atoms with Gasteiger partial charge in [-0.3, -0.25) is 10.1 Å². The summed E-state index contributed by atoms with van der Waals surface area (Å²) in [5.74, 6) is 0.0840. The molecule has 0 aliphatic heterocycles. The zero-order valence-corrected chi connectivity index (χ0v) is 9.75. The van der Waals surface area contributed by atoms with Gasteiger partial charge in [0.05, 0.1) is 22.7 Å². The van der Waals surface area contributed by atoms with Gasteiger partial charge in [-0.15, -0.1) is 0 Å². The average molecular weight is 259 g/mol. The molecule has 0 fully saturated rings. The van der Waals surface area contributed by atoms with Gasteiger partial charge in [0.2, 0.25) is 0 Å². The maximum Gasteiger partial charge on any atom is 0.278 e. The monoisotopic (exact) mass is 259 g/mol. The number of aliphatic hydroxyl groups excluding tert-OH is 2. The van der Waals surface area contributed by atoms with Gasteiger partial charge in [0.1, 0.15) is 11.9 Å². The van der Waals surface area contributed by atoms with Crippen LogP contribution in [0.2, 0.25) is 0 Å². The van der Waals surface area contributed by atoms with Crippen molar-refractivity contribution in [2.24, 2.45) is 0 Å². The summed E-state index contributed by atoms with van der Waals surface area (Å²) in [6.07, 6.45) is -2.29. The number of nitro benzene ring substituents is 1. The maximum absolute atomic E-state index is 10.7. The summed E-state index contributed by atoms with van der Waals surface area (Å²) >= 11 is 3.90. The quantitative estimate of drug-likeness (QED) is 0.359. The molecule has 17 heavy (non-hydrogen) atoms. The largest absolute Gasteiger partial charge is 0.508 e.